The monoisotopic (exact) mass is 293 g/mol. The molecule has 0 saturated heterocycles. The van der Waals surface area contributed by atoms with Crippen LogP contribution in [0.15, 0.2) is 60.8 Å². The maximum absolute atomic E-state index is 11.7. The van der Waals surface area contributed by atoms with Crippen LogP contribution in [0.1, 0.15) is 18.9 Å². The standard InChI is InChI=1S/C19H19NO2/c1-2-22-19(21)18-12-17(13-20-18)16-10-8-15(9-11-16)14-6-4-3-5-7-14/h3-11,13,18,20H,2,12H2,1H3. The lowest BCUT2D eigenvalue weighted by Crippen LogP contribution is -2.31. The van der Waals surface area contributed by atoms with Gasteiger partial charge in [-0.1, -0.05) is 54.6 Å². The first kappa shape index (κ1) is 14.4. The molecule has 2 aromatic rings. The van der Waals surface area contributed by atoms with Crippen LogP contribution in [0.2, 0.25) is 0 Å². The fourth-order valence-corrected chi connectivity index (χ4v) is 2.64. The smallest absolute Gasteiger partial charge is 0.328 e. The van der Waals surface area contributed by atoms with Gasteiger partial charge in [0.15, 0.2) is 0 Å². The molecule has 1 unspecified atom stereocenters. The Morgan fingerprint density at radius 2 is 1.68 bits per heavy atom. The van der Waals surface area contributed by atoms with Crippen molar-refractivity contribution in [3.8, 4) is 11.1 Å². The number of carbonyl (C=O) groups is 1. The van der Waals surface area contributed by atoms with Gasteiger partial charge in [-0.3, -0.25) is 0 Å². The molecule has 0 aromatic heterocycles. The summed E-state index contributed by atoms with van der Waals surface area (Å²) in [6, 6.07) is 18.5. The summed E-state index contributed by atoms with van der Waals surface area (Å²) in [5.41, 5.74) is 4.67. The average Bonchev–Trinajstić information content (AvgIpc) is 3.06. The number of carbonyl (C=O) groups excluding carboxylic acids is 1. The second kappa shape index (κ2) is 6.48. The Morgan fingerprint density at radius 3 is 2.36 bits per heavy atom. The van der Waals surface area contributed by atoms with Crippen LogP contribution in [0, 0.1) is 0 Å². The van der Waals surface area contributed by atoms with Crippen LogP contribution in [0.25, 0.3) is 16.7 Å². The van der Waals surface area contributed by atoms with Gasteiger partial charge in [-0.25, -0.2) is 4.79 Å². The Hall–Kier alpha value is -2.55. The topological polar surface area (TPSA) is 38.3 Å². The lowest BCUT2D eigenvalue weighted by Gasteiger charge is -2.10. The fraction of sp³-hybridized carbons (Fsp3) is 0.211. The Labute approximate surface area is 130 Å². The molecule has 1 aliphatic rings. The predicted molar refractivity (Wildman–Crippen MR) is 88.0 cm³/mol. The largest absolute Gasteiger partial charge is 0.464 e. The van der Waals surface area contributed by atoms with Gasteiger partial charge >= 0.3 is 5.97 Å². The average molecular weight is 293 g/mol. The van der Waals surface area contributed by atoms with E-state index >= 15 is 0 Å². The summed E-state index contributed by atoms with van der Waals surface area (Å²) in [5, 5.41) is 3.10. The maximum atomic E-state index is 11.7. The normalized spacial score (nSPS) is 16.8. The molecular formula is C19H19NO2. The molecule has 3 rings (SSSR count). The molecule has 3 nitrogen and oxygen atoms in total. The van der Waals surface area contributed by atoms with E-state index in [1.165, 1.54) is 11.1 Å². The van der Waals surface area contributed by atoms with Crippen molar-refractivity contribution in [2.75, 3.05) is 6.61 Å². The zero-order chi connectivity index (χ0) is 15.4. The molecule has 1 aliphatic heterocycles. The highest BCUT2D eigenvalue weighted by molar-refractivity contribution is 5.82. The van der Waals surface area contributed by atoms with E-state index in [-0.39, 0.29) is 12.0 Å². The summed E-state index contributed by atoms with van der Waals surface area (Å²) in [4.78, 5) is 11.7. The van der Waals surface area contributed by atoms with Gasteiger partial charge in [0.25, 0.3) is 0 Å². The summed E-state index contributed by atoms with van der Waals surface area (Å²) in [6.07, 6.45) is 2.59. The van der Waals surface area contributed by atoms with Crippen molar-refractivity contribution in [1.82, 2.24) is 5.32 Å². The van der Waals surface area contributed by atoms with Crippen LogP contribution in [0.3, 0.4) is 0 Å². The lowest BCUT2D eigenvalue weighted by molar-refractivity contribution is -0.145. The molecule has 0 spiro atoms. The van der Waals surface area contributed by atoms with Crippen molar-refractivity contribution < 1.29 is 9.53 Å². The van der Waals surface area contributed by atoms with E-state index in [2.05, 4.69) is 41.7 Å². The van der Waals surface area contributed by atoms with E-state index in [0.717, 1.165) is 11.1 Å². The zero-order valence-electron chi connectivity index (χ0n) is 12.6. The molecule has 0 bridgehead atoms. The third-order valence-electron chi connectivity index (χ3n) is 3.82. The molecule has 112 valence electrons. The van der Waals surface area contributed by atoms with Gasteiger partial charge in [-0.15, -0.1) is 0 Å². The van der Waals surface area contributed by atoms with Crippen LogP contribution in [0.5, 0.6) is 0 Å². The van der Waals surface area contributed by atoms with Crippen molar-refractivity contribution in [3.63, 3.8) is 0 Å². The zero-order valence-corrected chi connectivity index (χ0v) is 12.6. The first-order valence-corrected chi connectivity index (χ1v) is 7.55. The molecule has 0 radical (unpaired) electrons. The predicted octanol–water partition coefficient (Wildman–Crippen LogP) is 3.62. The highest BCUT2D eigenvalue weighted by Crippen LogP contribution is 2.27. The van der Waals surface area contributed by atoms with Crippen molar-refractivity contribution in [2.24, 2.45) is 0 Å². The summed E-state index contributed by atoms with van der Waals surface area (Å²) < 4.78 is 5.05. The van der Waals surface area contributed by atoms with E-state index in [1.54, 1.807) is 0 Å². The minimum absolute atomic E-state index is 0.186. The van der Waals surface area contributed by atoms with E-state index in [0.29, 0.717) is 13.0 Å². The first-order chi connectivity index (χ1) is 10.8. The first-order valence-electron chi connectivity index (χ1n) is 7.55. The molecule has 1 atom stereocenters. The molecular weight excluding hydrogens is 274 g/mol. The van der Waals surface area contributed by atoms with Crippen molar-refractivity contribution >= 4 is 11.5 Å². The number of hydrogen-bond acceptors (Lipinski definition) is 3. The lowest BCUT2D eigenvalue weighted by atomic mass is 9.99. The van der Waals surface area contributed by atoms with Gasteiger partial charge in [-0.2, -0.15) is 0 Å². The van der Waals surface area contributed by atoms with Crippen molar-refractivity contribution in [3.05, 3.63) is 66.4 Å². The third-order valence-corrected chi connectivity index (χ3v) is 3.82. The van der Waals surface area contributed by atoms with Crippen molar-refractivity contribution in [2.45, 2.75) is 19.4 Å². The molecule has 2 aromatic carbocycles. The molecule has 1 heterocycles. The molecule has 22 heavy (non-hydrogen) atoms. The van der Waals surface area contributed by atoms with Crippen LogP contribution in [0.4, 0.5) is 0 Å². The number of nitrogens with one attached hydrogen (secondary N) is 1. The van der Waals surface area contributed by atoms with E-state index < -0.39 is 0 Å². The Bertz CT molecular complexity index is 674. The summed E-state index contributed by atoms with van der Waals surface area (Å²) >= 11 is 0. The van der Waals surface area contributed by atoms with Gasteiger partial charge in [0.2, 0.25) is 0 Å². The Balaban J connectivity index is 1.71. The van der Waals surface area contributed by atoms with Crippen LogP contribution in [-0.4, -0.2) is 18.6 Å². The third kappa shape index (κ3) is 3.03. The molecule has 1 N–H and O–H groups in total. The SMILES string of the molecule is CCOC(=O)C1CC(c2ccc(-c3ccccc3)cc2)=CN1. The van der Waals surface area contributed by atoms with E-state index in [1.807, 2.05) is 31.3 Å². The minimum Gasteiger partial charge on any atom is -0.464 e. The van der Waals surface area contributed by atoms with E-state index in [9.17, 15) is 4.79 Å². The molecule has 3 heteroatoms. The number of rotatable bonds is 4. The molecule has 0 amide bonds. The fourth-order valence-electron chi connectivity index (χ4n) is 2.64. The second-order valence-electron chi connectivity index (χ2n) is 5.29. The van der Waals surface area contributed by atoms with Crippen LogP contribution >= 0.6 is 0 Å². The van der Waals surface area contributed by atoms with Crippen molar-refractivity contribution in [1.29, 1.82) is 0 Å². The molecule has 0 fully saturated rings. The minimum atomic E-state index is -0.260. The highest BCUT2D eigenvalue weighted by atomic mass is 16.5. The van der Waals surface area contributed by atoms with Gasteiger partial charge in [0, 0.05) is 12.6 Å². The maximum Gasteiger partial charge on any atom is 0.328 e. The van der Waals surface area contributed by atoms with E-state index in [4.69, 9.17) is 4.74 Å². The molecule has 0 aliphatic carbocycles. The molecule has 0 saturated carbocycles. The van der Waals surface area contributed by atoms with Gasteiger partial charge < -0.3 is 10.1 Å². The Kier molecular flexibility index (Phi) is 4.24. The van der Waals surface area contributed by atoms with Crippen LogP contribution < -0.4 is 5.32 Å². The quantitative estimate of drug-likeness (QED) is 0.875. The van der Waals surface area contributed by atoms with Gasteiger partial charge in [-0.05, 0) is 29.2 Å². The second-order valence-corrected chi connectivity index (χ2v) is 5.29. The number of benzene rings is 2. The number of ether oxygens (including phenoxy) is 1. The van der Waals surface area contributed by atoms with Gasteiger partial charge in [0.05, 0.1) is 6.61 Å². The van der Waals surface area contributed by atoms with Gasteiger partial charge in [0.1, 0.15) is 6.04 Å². The summed E-state index contributed by atoms with van der Waals surface area (Å²) in [5.74, 6) is -0.186. The summed E-state index contributed by atoms with van der Waals surface area (Å²) in [6.45, 7) is 2.24. The Morgan fingerprint density at radius 1 is 1.05 bits per heavy atom. The highest BCUT2D eigenvalue weighted by Gasteiger charge is 2.25. The number of hydrogen-bond donors (Lipinski definition) is 1. The summed E-state index contributed by atoms with van der Waals surface area (Å²) in [7, 11) is 0. The van der Waals surface area contributed by atoms with Crippen LogP contribution in [-0.2, 0) is 9.53 Å². The number of esters is 1.